The van der Waals surface area contributed by atoms with Gasteiger partial charge in [-0.1, -0.05) is 154 Å². The van der Waals surface area contributed by atoms with Crippen LogP contribution in [0.15, 0.2) is 197 Å². The average molecular weight is 1040 g/mol. The number of fused-ring (bicyclic) bond motifs is 4. The van der Waals surface area contributed by atoms with E-state index >= 15 is 0 Å². The topological polar surface area (TPSA) is 190 Å². The van der Waals surface area contributed by atoms with Crippen molar-refractivity contribution in [3.05, 3.63) is 243 Å². The first-order valence-electron chi connectivity index (χ1n) is 25.4. The van der Waals surface area contributed by atoms with E-state index in [-0.39, 0.29) is 46.1 Å². The molecule has 0 fully saturated rings. The minimum Gasteiger partial charge on any atom is -0.360 e. The fourth-order valence-corrected chi connectivity index (χ4v) is 12.4. The van der Waals surface area contributed by atoms with Gasteiger partial charge in [0.25, 0.3) is 0 Å². The Morgan fingerprint density at radius 3 is 1.42 bits per heavy atom. The molecule has 6 aromatic rings. The van der Waals surface area contributed by atoms with E-state index in [2.05, 4.69) is 60.5 Å². The number of allylic oxidation sites excluding steroid dienone is 2. The Morgan fingerprint density at radius 2 is 1.00 bits per heavy atom. The van der Waals surface area contributed by atoms with Crippen molar-refractivity contribution in [2.45, 2.75) is 69.6 Å². The normalized spacial score (nSPS) is 24.1. The molecule has 3 aromatic heterocycles. The van der Waals surface area contributed by atoms with Crippen LogP contribution in [0.5, 0.6) is 0 Å². The number of nitrogens with zero attached hydrogens (tertiary/aromatic N) is 9. The predicted octanol–water partition coefficient (Wildman–Crippen LogP) is 8.70. The van der Waals surface area contributed by atoms with Gasteiger partial charge in [0.1, 0.15) is 22.0 Å². The summed E-state index contributed by atoms with van der Waals surface area (Å²) in [5.74, 6) is 0.811. The lowest BCUT2D eigenvalue weighted by Gasteiger charge is -2.48. The van der Waals surface area contributed by atoms with Crippen LogP contribution in [-0.4, -0.2) is 74.5 Å². The number of carbonyl (C=O) groups is 5. The Hall–Kier alpha value is -9.54. The molecule has 1 unspecified atom stereocenters. The Balaban J connectivity index is 0.000000133. The zero-order valence-electron chi connectivity index (χ0n) is 43.9. The molecule has 0 spiro atoms. The van der Waals surface area contributed by atoms with Crippen molar-refractivity contribution in [1.29, 1.82) is 0 Å². The molecule has 3 aromatic carbocycles. The van der Waals surface area contributed by atoms with Gasteiger partial charge in [0.2, 0.25) is 29.1 Å². The molecule has 1 N–H and O–H groups in total. The molecule has 16 heteroatoms. The first-order valence-corrected chi connectivity index (χ1v) is 25.4. The number of benzene rings is 3. The second-order valence-electron chi connectivity index (χ2n) is 21.4. The molecule has 0 saturated carbocycles. The molecule has 3 aliphatic carbocycles. The van der Waals surface area contributed by atoms with Crippen LogP contribution in [-0.2, 0) is 52.1 Å². The molecular formula is C62H54N10O6. The first kappa shape index (κ1) is 51.9. The van der Waals surface area contributed by atoms with Gasteiger partial charge in [-0.25, -0.2) is 9.69 Å². The summed E-state index contributed by atoms with van der Waals surface area (Å²) < 4.78 is 5.51. The summed E-state index contributed by atoms with van der Waals surface area (Å²) >= 11 is 0. The zero-order valence-corrected chi connectivity index (χ0v) is 43.9. The van der Waals surface area contributed by atoms with E-state index in [4.69, 9.17) is 17.7 Å². The van der Waals surface area contributed by atoms with Crippen molar-refractivity contribution < 1.29 is 28.5 Å². The Kier molecular flexibility index (Phi) is 13.0. The Bertz CT molecular complexity index is 3490. The van der Waals surface area contributed by atoms with Crippen LogP contribution in [0.2, 0.25) is 0 Å². The van der Waals surface area contributed by atoms with Crippen molar-refractivity contribution in [2.24, 2.45) is 10.8 Å². The number of anilines is 2. The van der Waals surface area contributed by atoms with E-state index in [1.165, 1.54) is 12.2 Å². The third kappa shape index (κ3) is 7.93. The van der Waals surface area contributed by atoms with Crippen molar-refractivity contribution in [3.8, 4) is 0 Å². The van der Waals surface area contributed by atoms with Gasteiger partial charge in [-0.05, 0) is 77.9 Å². The molecule has 12 rings (SSSR count). The SMILES string of the molecule is CC1(C)C2=CCNC(=O)C2(c2ccccc2)Cc2cnoc21.[C-]#[N+]C1=C[C@@]2(c3ccccc3)C(=O)N(c3cccnn3)CC=C2C(C)(C)C1=O.[C-]#[N+]C1=C[C@]2(c3ccccc3)C(=O)N(c3cccnn3)CC=C2C(C)(C)C1=O. The number of carbonyl (C=O) groups excluding carboxylic acids is 5. The summed E-state index contributed by atoms with van der Waals surface area (Å²) in [6, 6.07) is 35.5. The van der Waals surface area contributed by atoms with Crippen LogP contribution < -0.4 is 15.1 Å². The lowest BCUT2D eigenvalue weighted by Crippen LogP contribution is -2.57. The largest absolute Gasteiger partial charge is 0.360 e. The van der Waals surface area contributed by atoms with E-state index in [0.717, 1.165) is 33.6 Å². The van der Waals surface area contributed by atoms with Gasteiger partial charge in [-0.3, -0.25) is 24.2 Å². The summed E-state index contributed by atoms with van der Waals surface area (Å²) in [5, 5.41) is 22.9. The number of amides is 3. The van der Waals surface area contributed by atoms with Crippen LogP contribution >= 0.6 is 0 Å². The number of nitrogens with one attached hydrogen (secondary N) is 1. The molecule has 388 valence electrons. The second kappa shape index (κ2) is 19.5. The van der Waals surface area contributed by atoms with E-state index in [1.54, 1.807) is 80.4 Å². The minimum absolute atomic E-state index is 0.0136. The molecule has 3 aliphatic heterocycles. The standard InChI is InChI=1S/2C22H18N4O2.C18H18N2O2/c2*1-21(2)17-11-13-26(18-10-7-12-24-25-18)20(28)22(17,14-16(23-3)19(21)27)15-8-5-4-6-9-15;1-17(2)14-8-9-19-16(21)18(14,13-6-4-3-5-7-13)10-12-11-20-22-15(12)17/h2*4-12,14H,13H2,1-2H3;3-8,11H,9-10H2,1-2H3,(H,19,21)/t2*22-;/m10./s1. The molecule has 3 atom stereocenters. The monoisotopic (exact) mass is 1030 g/mol. The highest BCUT2D eigenvalue weighted by Crippen LogP contribution is 2.55. The van der Waals surface area contributed by atoms with Gasteiger partial charge in [-0.2, -0.15) is 10.2 Å². The van der Waals surface area contributed by atoms with E-state index in [9.17, 15) is 24.0 Å². The molecule has 6 aliphatic rings. The van der Waals surface area contributed by atoms with E-state index in [0.29, 0.717) is 48.8 Å². The van der Waals surface area contributed by atoms with Gasteiger partial charge in [0.15, 0.2) is 23.2 Å². The molecule has 3 amide bonds. The average Bonchev–Trinajstić information content (AvgIpc) is 3.46. The maximum Gasteiger partial charge on any atom is 0.245 e. The molecule has 78 heavy (non-hydrogen) atoms. The van der Waals surface area contributed by atoms with Crippen LogP contribution in [0, 0.1) is 24.0 Å². The predicted molar refractivity (Wildman–Crippen MR) is 291 cm³/mol. The fourth-order valence-electron chi connectivity index (χ4n) is 12.4. The number of Topliss-reactive ketones (excluding diaryl/α,β-unsaturated/α-hetero) is 2. The summed E-state index contributed by atoms with van der Waals surface area (Å²) in [4.78, 5) is 76.6. The molecule has 6 heterocycles. The number of ketones is 2. The summed E-state index contributed by atoms with van der Waals surface area (Å²) in [5.41, 5.74) is 0.581. The number of hydrogen-bond acceptors (Lipinski definition) is 11. The van der Waals surface area contributed by atoms with Crippen molar-refractivity contribution in [3.63, 3.8) is 0 Å². The summed E-state index contributed by atoms with van der Waals surface area (Å²) in [6.07, 6.45) is 14.5. The van der Waals surface area contributed by atoms with E-state index < -0.39 is 27.1 Å². The lowest BCUT2D eigenvalue weighted by atomic mass is 9.56. The van der Waals surface area contributed by atoms with Crippen LogP contribution in [0.4, 0.5) is 11.6 Å². The molecule has 16 nitrogen and oxygen atoms in total. The molecule has 0 bridgehead atoms. The van der Waals surface area contributed by atoms with E-state index in [1.807, 2.05) is 103 Å². The second-order valence-corrected chi connectivity index (χ2v) is 21.4. The van der Waals surface area contributed by atoms with Gasteiger partial charge in [-0.15, -0.1) is 10.2 Å². The van der Waals surface area contributed by atoms with Crippen molar-refractivity contribution >= 4 is 40.9 Å². The first-order chi connectivity index (χ1) is 37.4. The highest BCUT2D eigenvalue weighted by atomic mass is 16.5. The highest BCUT2D eigenvalue weighted by Gasteiger charge is 2.59. The Labute approximate surface area is 451 Å². The highest BCUT2D eigenvalue weighted by molar-refractivity contribution is 6.15. The van der Waals surface area contributed by atoms with Crippen LogP contribution in [0.25, 0.3) is 9.69 Å². The minimum atomic E-state index is -1.23. The zero-order chi connectivity index (χ0) is 55.3. The van der Waals surface area contributed by atoms with Gasteiger partial charge in [0.05, 0.1) is 19.3 Å². The van der Waals surface area contributed by atoms with Gasteiger partial charge >= 0.3 is 0 Å². The number of rotatable bonds is 5. The maximum atomic E-state index is 13.9. The smallest absolute Gasteiger partial charge is 0.245 e. The summed E-state index contributed by atoms with van der Waals surface area (Å²) in [6.45, 7) is 27.5. The van der Waals surface area contributed by atoms with Gasteiger partial charge in [0, 0.05) is 53.8 Å². The van der Waals surface area contributed by atoms with Crippen LogP contribution in [0.1, 0.15) is 69.6 Å². The molecular weight excluding hydrogens is 981 g/mol. The van der Waals surface area contributed by atoms with Crippen molar-refractivity contribution in [2.75, 3.05) is 29.4 Å². The Morgan fingerprint density at radius 1 is 0.551 bits per heavy atom. The summed E-state index contributed by atoms with van der Waals surface area (Å²) in [7, 11) is 0. The van der Waals surface area contributed by atoms with Crippen molar-refractivity contribution in [1.82, 2.24) is 30.9 Å². The lowest BCUT2D eigenvalue weighted by molar-refractivity contribution is -0.127. The number of hydrogen-bond donors (Lipinski definition) is 1. The van der Waals surface area contributed by atoms with Crippen LogP contribution in [0.3, 0.4) is 0 Å². The number of aromatic nitrogens is 5. The molecule has 0 radical (unpaired) electrons. The fraction of sp³-hybridized carbons (Fsp3) is 0.258. The third-order valence-corrected chi connectivity index (χ3v) is 16.0. The molecule has 0 saturated heterocycles. The maximum absolute atomic E-state index is 13.9. The third-order valence-electron chi connectivity index (χ3n) is 16.0. The quantitative estimate of drug-likeness (QED) is 0.128. The van der Waals surface area contributed by atoms with Gasteiger partial charge < -0.3 is 19.4 Å².